The van der Waals surface area contributed by atoms with Gasteiger partial charge in [-0.1, -0.05) is 6.92 Å². The van der Waals surface area contributed by atoms with E-state index in [0.29, 0.717) is 6.42 Å². The number of nitrogens with zero attached hydrogens (tertiary/aromatic N) is 2. The van der Waals surface area contributed by atoms with Gasteiger partial charge in [0, 0.05) is 62.4 Å². The van der Waals surface area contributed by atoms with Crippen LogP contribution in [0.2, 0.25) is 0 Å². The van der Waals surface area contributed by atoms with Crippen molar-refractivity contribution >= 4 is 22.8 Å². The van der Waals surface area contributed by atoms with Crippen LogP contribution in [0.15, 0.2) is 23.2 Å². The number of hydrogen-bond acceptors (Lipinski definition) is 4. The Morgan fingerprint density at radius 1 is 1.30 bits per heavy atom. The lowest BCUT2D eigenvalue weighted by atomic mass is 10.2. The molecule has 1 aromatic heterocycles. The monoisotopic (exact) mass is 415 g/mol. The lowest BCUT2D eigenvalue weighted by Gasteiger charge is -2.18. The van der Waals surface area contributed by atoms with Crippen LogP contribution in [-0.2, 0) is 11.2 Å². The molecule has 1 aliphatic heterocycles. The Bertz CT molecular complexity index is 892. The molecular weight excluding hydrogens is 382 g/mol. The van der Waals surface area contributed by atoms with Crippen molar-refractivity contribution in [3.05, 3.63) is 23.9 Å². The Hall–Kier alpha value is -2.90. The summed E-state index contributed by atoms with van der Waals surface area (Å²) in [4.78, 5) is 21.5. The number of carbonyl (C=O) groups is 1. The predicted octanol–water partition coefficient (Wildman–Crippen LogP) is 2.29. The number of aryl methyl sites for hydroxylation is 1. The van der Waals surface area contributed by atoms with Crippen molar-refractivity contribution in [3.63, 3.8) is 0 Å². The zero-order valence-corrected chi connectivity index (χ0v) is 18.4. The van der Waals surface area contributed by atoms with Gasteiger partial charge in [-0.05, 0) is 25.3 Å². The van der Waals surface area contributed by atoms with Crippen LogP contribution in [0.1, 0.15) is 31.9 Å². The van der Waals surface area contributed by atoms with Gasteiger partial charge in [-0.2, -0.15) is 0 Å². The molecule has 2 aromatic rings. The molecule has 0 spiro atoms. The largest absolute Gasteiger partial charge is 0.497 e. The molecular formula is C22H33N5O3. The highest BCUT2D eigenvalue weighted by Gasteiger charge is 2.25. The summed E-state index contributed by atoms with van der Waals surface area (Å²) >= 11 is 0. The van der Waals surface area contributed by atoms with E-state index in [2.05, 4.69) is 26.7 Å². The fourth-order valence-electron chi connectivity index (χ4n) is 3.86. The zero-order valence-electron chi connectivity index (χ0n) is 18.4. The second kappa shape index (κ2) is 10.2. The molecule has 1 unspecified atom stereocenters. The fourth-order valence-corrected chi connectivity index (χ4v) is 3.86. The minimum absolute atomic E-state index is 0.217. The molecule has 1 fully saturated rings. The second-order valence-electron chi connectivity index (χ2n) is 7.51. The molecule has 1 atom stereocenters. The summed E-state index contributed by atoms with van der Waals surface area (Å²) in [6.45, 7) is 4.27. The number of carbonyl (C=O) groups excluding carboxylic acids is 1. The Labute approximate surface area is 178 Å². The van der Waals surface area contributed by atoms with Gasteiger partial charge in [0.2, 0.25) is 5.91 Å². The smallest absolute Gasteiger partial charge is 0.222 e. The third kappa shape index (κ3) is 5.17. The van der Waals surface area contributed by atoms with Crippen LogP contribution < -0.4 is 20.1 Å². The van der Waals surface area contributed by atoms with E-state index >= 15 is 0 Å². The average Bonchev–Trinajstić information content (AvgIpc) is 3.41. The molecule has 3 N–H and O–H groups in total. The molecule has 0 radical (unpaired) electrons. The number of benzene rings is 1. The van der Waals surface area contributed by atoms with E-state index in [4.69, 9.17) is 9.47 Å². The van der Waals surface area contributed by atoms with Crippen molar-refractivity contribution in [2.45, 2.75) is 38.6 Å². The van der Waals surface area contributed by atoms with Crippen LogP contribution >= 0.6 is 0 Å². The SMILES string of the molecule is CCC(=O)N1CCC(NC(=NC)NCCCc2cc3c(OC)cc(OC)cc3[nH]2)C1. The highest BCUT2D eigenvalue weighted by molar-refractivity contribution is 5.88. The summed E-state index contributed by atoms with van der Waals surface area (Å²) in [7, 11) is 5.10. The quantitative estimate of drug-likeness (QED) is 0.350. The van der Waals surface area contributed by atoms with Crippen LogP contribution in [0.4, 0.5) is 0 Å². The molecule has 0 aliphatic carbocycles. The molecule has 164 valence electrons. The van der Waals surface area contributed by atoms with E-state index in [9.17, 15) is 4.79 Å². The van der Waals surface area contributed by atoms with Crippen LogP contribution in [-0.4, -0.2) is 68.7 Å². The Kier molecular flexibility index (Phi) is 7.43. The number of H-pyrrole nitrogens is 1. The predicted molar refractivity (Wildman–Crippen MR) is 119 cm³/mol. The normalized spacial score (nSPS) is 16.7. The summed E-state index contributed by atoms with van der Waals surface area (Å²) in [5.74, 6) is 2.58. The van der Waals surface area contributed by atoms with Gasteiger partial charge in [0.05, 0.1) is 19.7 Å². The molecule has 30 heavy (non-hydrogen) atoms. The summed E-state index contributed by atoms with van der Waals surface area (Å²) in [6, 6.07) is 6.27. The van der Waals surface area contributed by atoms with Crippen molar-refractivity contribution in [3.8, 4) is 11.5 Å². The lowest BCUT2D eigenvalue weighted by molar-refractivity contribution is -0.129. The van der Waals surface area contributed by atoms with Gasteiger partial charge in [-0.25, -0.2) is 0 Å². The highest BCUT2D eigenvalue weighted by atomic mass is 16.5. The van der Waals surface area contributed by atoms with Gasteiger partial charge in [0.25, 0.3) is 0 Å². The Morgan fingerprint density at radius 2 is 2.13 bits per heavy atom. The molecule has 0 saturated carbocycles. The van der Waals surface area contributed by atoms with Gasteiger partial charge in [-0.3, -0.25) is 9.79 Å². The number of ether oxygens (including phenoxy) is 2. The number of guanidine groups is 1. The Balaban J connectivity index is 1.47. The van der Waals surface area contributed by atoms with E-state index < -0.39 is 0 Å². The number of fused-ring (bicyclic) bond motifs is 1. The van der Waals surface area contributed by atoms with Gasteiger partial charge >= 0.3 is 0 Å². The molecule has 1 aliphatic rings. The highest BCUT2D eigenvalue weighted by Crippen LogP contribution is 2.31. The number of nitrogens with one attached hydrogen (secondary N) is 3. The number of aliphatic imine (C=N–C) groups is 1. The van der Waals surface area contributed by atoms with E-state index in [-0.39, 0.29) is 11.9 Å². The first-order valence-electron chi connectivity index (χ1n) is 10.6. The molecule has 0 bridgehead atoms. The first-order chi connectivity index (χ1) is 14.6. The third-order valence-corrected chi connectivity index (χ3v) is 5.51. The van der Waals surface area contributed by atoms with E-state index in [0.717, 1.165) is 73.0 Å². The molecule has 2 heterocycles. The van der Waals surface area contributed by atoms with Gasteiger partial charge in [0.1, 0.15) is 11.5 Å². The third-order valence-electron chi connectivity index (χ3n) is 5.51. The van der Waals surface area contributed by atoms with Crippen molar-refractivity contribution in [1.82, 2.24) is 20.5 Å². The Morgan fingerprint density at radius 3 is 2.83 bits per heavy atom. The average molecular weight is 416 g/mol. The number of rotatable bonds is 8. The second-order valence-corrected chi connectivity index (χ2v) is 7.51. The number of likely N-dealkylation sites (tertiary alicyclic amines) is 1. The maximum atomic E-state index is 11.8. The molecule has 1 saturated heterocycles. The molecule has 8 heteroatoms. The lowest BCUT2D eigenvalue weighted by Crippen LogP contribution is -2.45. The van der Waals surface area contributed by atoms with Gasteiger partial charge < -0.3 is 30.0 Å². The number of amides is 1. The topological polar surface area (TPSA) is 91.0 Å². The van der Waals surface area contributed by atoms with Crippen LogP contribution in [0.5, 0.6) is 11.5 Å². The minimum atomic E-state index is 0.217. The van der Waals surface area contributed by atoms with Gasteiger partial charge in [-0.15, -0.1) is 0 Å². The van der Waals surface area contributed by atoms with E-state index in [1.165, 1.54) is 0 Å². The molecule has 1 amide bonds. The van der Waals surface area contributed by atoms with Gasteiger partial charge in [0.15, 0.2) is 5.96 Å². The summed E-state index contributed by atoms with van der Waals surface area (Å²) in [6.07, 6.45) is 3.38. The number of methoxy groups -OCH3 is 2. The van der Waals surface area contributed by atoms with Crippen molar-refractivity contribution < 1.29 is 14.3 Å². The standard InChI is InChI=1S/C22H33N5O3/c1-5-21(28)27-10-8-16(14-27)26-22(23-2)24-9-6-7-15-11-18-19(25-15)12-17(29-3)13-20(18)30-4/h11-13,16,25H,5-10,14H2,1-4H3,(H2,23,24,26). The van der Waals surface area contributed by atoms with Crippen LogP contribution in [0, 0.1) is 0 Å². The minimum Gasteiger partial charge on any atom is -0.497 e. The zero-order chi connectivity index (χ0) is 21.5. The number of aromatic amines is 1. The van der Waals surface area contributed by atoms with Crippen molar-refractivity contribution in [2.24, 2.45) is 4.99 Å². The van der Waals surface area contributed by atoms with E-state index in [1.54, 1.807) is 21.3 Å². The number of aromatic nitrogens is 1. The maximum absolute atomic E-state index is 11.8. The van der Waals surface area contributed by atoms with Crippen molar-refractivity contribution in [2.75, 3.05) is 40.9 Å². The summed E-state index contributed by atoms with van der Waals surface area (Å²) in [5.41, 5.74) is 2.17. The first-order valence-corrected chi connectivity index (χ1v) is 10.6. The van der Waals surface area contributed by atoms with Crippen LogP contribution in [0.25, 0.3) is 10.9 Å². The summed E-state index contributed by atoms with van der Waals surface area (Å²) < 4.78 is 10.8. The fraction of sp³-hybridized carbons (Fsp3) is 0.545. The molecule has 8 nitrogen and oxygen atoms in total. The van der Waals surface area contributed by atoms with E-state index in [1.807, 2.05) is 24.0 Å². The molecule has 1 aromatic carbocycles. The van der Waals surface area contributed by atoms with Crippen LogP contribution in [0.3, 0.4) is 0 Å². The van der Waals surface area contributed by atoms with Crippen molar-refractivity contribution in [1.29, 1.82) is 0 Å². The number of hydrogen-bond donors (Lipinski definition) is 3. The first kappa shape index (κ1) is 21.8. The molecule has 3 rings (SSSR count). The summed E-state index contributed by atoms with van der Waals surface area (Å²) in [5, 5.41) is 7.87. The maximum Gasteiger partial charge on any atom is 0.222 e.